The van der Waals surface area contributed by atoms with Crippen molar-refractivity contribution in [3.05, 3.63) is 12.3 Å². The zero-order chi connectivity index (χ0) is 10.5. The second kappa shape index (κ2) is 4.90. The van der Waals surface area contributed by atoms with Crippen molar-refractivity contribution in [1.29, 1.82) is 0 Å². The highest BCUT2D eigenvalue weighted by Gasteiger charge is 2.21. The molecule has 0 N–H and O–H groups in total. The molecule has 0 aliphatic carbocycles. The molecule has 0 aliphatic rings. The smallest absolute Gasteiger partial charge is 0.251 e. The second-order valence-electron chi connectivity index (χ2n) is 3.27. The molecule has 0 unspecified atom stereocenters. The molecule has 0 radical (unpaired) electrons. The van der Waals surface area contributed by atoms with E-state index in [1.807, 2.05) is 13.1 Å². The Hall–Kier alpha value is -0.173. The third kappa shape index (κ3) is 5.97. The van der Waals surface area contributed by atoms with Gasteiger partial charge in [0.15, 0.2) is 0 Å². The van der Waals surface area contributed by atoms with Crippen LogP contribution in [0.3, 0.4) is 0 Å². The Morgan fingerprint density at radius 2 is 1.92 bits per heavy atom. The van der Waals surface area contributed by atoms with E-state index < -0.39 is 18.5 Å². The molecular formula is C7H16O4SSi. The molecule has 0 bridgehead atoms. The van der Waals surface area contributed by atoms with Gasteiger partial charge in [-0.3, -0.25) is 4.18 Å². The van der Waals surface area contributed by atoms with Gasteiger partial charge in [-0.15, -0.1) is 6.58 Å². The van der Waals surface area contributed by atoms with Crippen molar-refractivity contribution in [2.24, 2.45) is 0 Å². The average Bonchev–Trinajstić information content (AvgIpc) is 2.02. The molecule has 4 nitrogen and oxygen atoms in total. The molecule has 78 valence electrons. The zero-order valence-corrected chi connectivity index (χ0v) is 10.1. The Morgan fingerprint density at radius 3 is 2.31 bits per heavy atom. The number of rotatable bonds is 6. The fraction of sp³-hybridized carbons (Fsp3) is 0.714. The van der Waals surface area contributed by atoms with Crippen LogP contribution in [-0.4, -0.2) is 29.3 Å². The molecule has 0 atom stereocenters. The van der Waals surface area contributed by atoms with Gasteiger partial charge in [0.2, 0.25) is 0 Å². The summed E-state index contributed by atoms with van der Waals surface area (Å²) in [4.78, 5) is 0. The van der Waals surface area contributed by atoms with Gasteiger partial charge in [-0.1, -0.05) is 18.8 Å². The normalized spacial score (nSPS) is 12.8. The van der Waals surface area contributed by atoms with Crippen LogP contribution in [0, 0.1) is 0 Å². The van der Waals surface area contributed by atoms with E-state index in [4.69, 9.17) is 0 Å². The van der Waals surface area contributed by atoms with Gasteiger partial charge >= 0.3 is 10.4 Å². The van der Waals surface area contributed by atoms with E-state index in [1.165, 1.54) is 0 Å². The Labute approximate surface area is 80.9 Å². The third-order valence-electron chi connectivity index (χ3n) is 1.39. The lowest BCUT2D eigenvalue weighted by atomic mass is 10.9. The first kappa shape index (κ1) is 12.8. The fourth-order valence-corrected chi connectivity index (χ4v) is 2.73. The minimum Gasteiger partial charge on any atom is -0.251 e. The molecule has 0 aromatic carbocycles. The minimum atomic E-state index is -3.79. The molecule has 13 heavy (non-hydrogen) atoms. The maximum absolute atomic E-state index is 10.9. The van der Waals surface area contributed by atoms with Crippen LogP contribution in [0.5, 0.6) is 0 Å². The highest BCUT2D eigenvalue weighted by molar-refractivity contribution is 7.81. The van der Waals surface area contributed by atoms with Gasteiger partial charge in [-0.05, 0) is 6.92 Å². The summed E-state index contributed by atoms with van der Waals surface area (Å²) in [5, 5.41) is 0. The lowest BCUT2D eigenvalue weighted by Crippen LogP contribution is -2.32. The highest BCUT2D eigenvalue weighted by atomic mass is 32.3. The summed E-state index contributed by atoms with van der Waals surface area (Å²) >= 11 is 0. The van der Waals surface area contributed by atoms with E-state index in [0.717, 1.165) is 0 Å². The molecule has 0 spiro atoms. The Morgan fingerprint density at radius 1 is 1.38 bits per heavy atom. The summed E-state index contributed by atoms with van der Waals surface area (Å²) in [6, 6.07) is 0. The van der Waals surface area contributed by atoms with Crippen molar-refractivity contribution in [3.8, 4) is 0 Å². The molecule has 6 heteroatoms. The first-order valence-corrected chi connectivity index (χ1v) is 8.62. The van der Waals surface area contributed by atoms with E-state index in [0.29, 0.717) is 0 Å². The van der Waals surface area contributed by atoms with Gasteiger partial charge in [0.25, 0.3) is 0 Å². The Bertz CT molecular complexity index is 258. The summed E-state index contributed by atoms with van der Waals surface area (Å²) in [5.41, 5.74) is 1.77. The Kier molecular flexibility index (Phi) is 4.83. The maximum atomic E-state index is 10.9. The number of hydrogen-bond donors (Lipinski definition) is 0. The maximum Gasteiger partial charge on any atom is 0.399 e. The van der Waals surface area contributed by atoms with Crippen molar-refractivity contribution in [2.45, 2.75) is 20.0 Å². The summed E-state index contributed by atoms with van der Waals surface area (Å²) in [5.74, 6) is 0. The van der Waals surface area contributed by atoms with Crippen LogP contribution in [0.2, 0.25) is 13.1 Å². The standard InChI is InChI=1S/C7H16O4SSi/c1-5-10-12(8,9)11-7-13(3,4)6-2/h6H,2,5,7H2,1,3-4H3. The van der Waals surface area contributed by atoms with Crippen LogP contribution in [0.25, 0.3) is 0 Å². The van der Waals surface area contributed by atoms with Crippen LogP contribution in [-0.2, 0) is 18.8 Å². The van der Waals surface area contributed by atoms with E-state index >= 15 is 0 Å². The molecular weight excluding hydrogens is 208 g/mol. The molecule has 0 rings (SSSR count). The topological polar surface area (TPSA) is 52.6 Å². The van der Waals surface area contributed by atoms with Crippen molar-refractivity contribution < 1.29 is 16.8 Å². The lowest BCUT2D eigenvalue weighted by Gasteiger charge is -2.15. The molecule has 0 fully saturated rings. The van der Waals surface area contributed by atoms with Crippen molar-refractivity contribution >= 4 is 18.5 Å². The first-order chi connectivity index (χ1) is 5.83. The number of hydrogen-bond acceptors (Lipinski definition) is 4. The van der Waals surface area contributed by atoms with Crippen LogP contribution < -0.4 is 0 Å². The van der Waals surface area contributed by atoms with Crippen molar-refractivity contribution in [2.75, 3.05) is 12.8 Å². The monoisotopic (exact) mass is 224 g/mol. The fourth-order valence-electron chi connectivity index (χ4n) is 0.461. The highest BCUT2D eigenvalue weighted by Crippen LogP contribution is 2.06. The predicted molar refractivity (Wildman–Crippen MR) is 54.2 cm³/mol. The van der Waals surface area contributed by atoms with Gasteiger partial charge < -0.3 is 0 Å². The lowest BCUT2D eigenvalue weighted by molar-refractivity contribution is 0.244. The quantitative estimate of drug-likeness (QED) is 0.637. The molecule has 0 aromatic heterocycles. The molecule has 0 amide bonds. The SMILES string of the molecule is C=C[Si](C)(C)COS(=O)(=O)OCC. The van der Waals surface area contributed by atoms with Crippen LogP contribution in [0.4, 0.5) is 0 Å². The van der Waals surface area contributed by atoms with Crippen LogP contribution in [0.1, 0.15) is 6.92 Å². The van der Waals surface area contributed by atoms with E-state index in [2.05, 4.69) is 14.9 Å². The van der Waals surface area contributed by atoms with Gasteiger partial charge in [0.1, 0.15) is 8.07 Å². The van der Waals surface area contributed by atoms with Crippen molar-refractivity contribution in [3.63, 3.8) is 0 Å². The molecule has 0 saturated heterocycles. The summed E-state index contributed by atoms with van der Waals surface area (Å²) < 4.78 is 30.9. The second-order valence-corrected chi connectivity index (χ2v) is 9.23. The largest absolute Gasteiger partial charge is 0.399 e. The summed E-state index contributed by atoms with van der Waals surface area (Å²) in [6.45, 7) is 9.23. The minimum absolute atomic E-state index is 0.0956. The van der Waals surface area contributed by atoms with Gasteiger partial charge in [0, 0.05) is 0 Å². The van der Waals surface area contributed by atoms with E-state index in [9.17, 15) is 8.42 Å². The Balaban J connectivity index is 4.10. The first-order valence-electron chi connectivity index (χ1n) is 4.00. The van der Waals surface area contributed by atoms with Crippen LogP contribution in [0.15, 0.2) is 12.3 Å². The third-order valence-corrected chi connectivity index (χ3v) is 4.52. The van der Waals surface area contributed by atoms with Gasteiger partial charge in [-0.2, -0.15) is 8.42 Å². The molecule has 0 saturated carbocycles. The van der Waals surface area contributed by atoms with Crippen LogP contribution >= 0.6 is 0 Å². The zero-order valence-electron chi connectivity index (χ0n) is 8.24. The molecule has 0 aromatic rings. The summed E-state index contributed by atoms with van der Waals surface area (Å²) in [7, 11) is -5.52. The summed E-state index contributed by atoms with van der Waals surface area (Å²) in [6.07, 6.45) is 0.179. The van der Waals surface area contributed by atoms with Gasteiger partial charge in [-0.25, -0.2) is 4.18 Å². The van der Waals surface area contributed by atoms with Crippen molar-refractivity contribution in [1.82, 2.24) is 0 Å². The van der Waals surface area contributed by atoms with E-state index in [-0.39, 0.29) is 12.8 Å². The molecule has 0 heterocycles. The van der Waals surface area contributed by atoms with E-state index in [1.54, 1.807) is 12.6 Å². The van der Waals surface area contributed by atoms with Gasteiger partial charge in [0.05, 0.1) is 12.8 Å². The predicted octanol–water partition coefficient (Wildman–Crippen LogP) is 1.26. The molecule has 0 aliphatic heterocycles. The average molecular weight is 224 g/mol.